The fraction of sp³-hybridized carbons (Fsp3) is 0.700. The van der Waals surface area contributed by atoms with Gasteiger partial charge in [0.15, 0.2) is 5.03 Å². The second-order valence-electron chi connectivity index (χ2n) is 4.20. The summed E-state index contributed by atoms with van der Waals surface area (Å²) in [7, 11) is -3.54. The largest absolute Gasteiger partial charge is 0.392 e. The summed E-state index contributed by atoms with van der Waals surface area (Å²) in [6.07, 6.45) is 3.82. The molecule has 7 heteroatoms. The Morgan fingerprint density at radius 3 is 2.94 bits per heavy atom. The van der Waals surface area contributed by atoms with E-state index in [1.807, 2.05) is 6.92 Å². The molecule has 0 saturated carbocycles. The predicted octanol–water partition coefficient (Wildman–Crippen LogP) is 0.0484. The first kappa shape index (κ1) is 12.5. The van der Waals surface area contributed by atoms with Crippen molar-refractivity contribution in [2.24, 2.45) is 0 Å². The van der Waals surface area contributed by atoms with Crippen LogP contribution in [0.3, 0.4) is 0 Å². The number of imidazole rings is 1. The number of rotatable bonds is 3. The molecule has 1 saturated heterocycles. The SMILES string of the molecule is CCn1cnc(S(=O)(=O)N2CCC[C@H](O)C2)c1. The van der Waals surface area contributed by atoms with E-state index >= 15 is 0 Å². The first-order valence-corrected chi connectivity index (χ1v) is 7.18. The van der Waals surface area contributed by atoms with E-state index in [9.17, 15) is 13.5 Å². The van der Waals surface area contributed by atoms with Gasteiger partial charge in [-0.25, -0.2) is 13.4 Å². The number of aliphatic hydroxyl groups excluding tert-OH is 1. The van der Waals surface area contributed by atoms with Crippen LogP contribution in [0.1, 0.15) is 19.8 Å². The third-order valence-corrected chi connectivity index (χ3v) is 4.69. The summed E-state index contributed by atoms with van der Waals surface area (Å²) in [5.41, 5.74) is 0. The Hall–Kier alpha value is -0.920. The molecule has 2 rings (SSSR count). The van der Waals surface area contributed by atoms with E-state index in [2.05, 4.69) is 4.98 Å². The zero-order valence-corrected chi connectivity index (χ0v) is 10.6. The summed E-state index contributed by atoms with van der Waals surface area (Å²) >= 11 is 0. The number of hydrogen-bond acceptors (Lipinski definition) is 4. The molecule has 0 spiro atoms. The molecule has 96 valence electrons. The monoisotopic (exact) mass is 259 g/mol. The summed E-state index contributed by atoms with van der Waals surface area (Å²) in [6, 6.07) is 0. The van der Waals surface area contributed by atoms with Gasteiger partial charge in [-0.1, -0.05) is 0 Å². The summed E-state index contributed by atoms with van der Waals surface area (Å²) in [5, 5.41) is 9.57. The number of nitrogens with zero attached hydrogens (tertiary/aromatic N) is 3. The lowest BCUT2D eigenvalue weighted by atomic mass is 10.1. The Bertz CT molecular complexity index is 483. The maximum absolute atomic E-state index is 12.2. The molecule has 17 heavy (non-hydrogen) atoms. The molecule has 1 aliphatic rings. The summed E-state index contributed by atoms with van der Waals surface area (Å²) < 4.78 is 27.4. The van der Waals surface area contributed by atoms with E-state index in [0.29, 0.717) is 25.9 Å². The van der Waals surface area contributed by atoms with Crippen molar-refractivity contribution in [1.82, 2.24) is 13.9 Å². The topological polar surface area (TPSA) is 75.4 Å². The maximum atomic E-state index is 12.2. The Kier molecular flexibility index (Phi) is 3.50. The van der Waals surface area contributed by atoms with Crippen molar-refractivity contribution in [2.75, 3.05) is 13.1 Å². The van der Waals surface area contributed by atoms with Gasteiger partial charge in [0.05, 0.1) is 12.4 Å². The average Bonchev–Trinajstić information content (AvgIpc) is 2.78. The Morgan fingerprint density at radius 1 is 1.59 bits per heavy atom. The first-order chi connectivity index (χ1) is 8.04. The zero-order valence-electron chi connectivity index (χ0n) is 9.78. The fourth-order valence-electron chi connectivity index (χ4n) is 1.92. The minimum absolute atomic E-state index is 0.0634. The molecule has 0 bridgehead atoms. The van der Waals surface area contributed by atoms with Gasteiger partial charge in [0.25, 0.3) is 10.0 Å². The molecular weight excluding hydrogens is 242 g/mol. The van der Waals surface area contributed by atoms with Gasteiger partial charge in [0.2, 0.25) is 0 Å². The van der Waals surface area contributed by atoms with Crippen LogP contribution in [0.15, 0.2) is 17.6 Å². The second kappa shape index (κ2) is 4.75. The first-order valence-electron chi connectivity index (χ1n) is 5.74. The van der Waals surface area contributed by atoms with Gasteiger partial charge in [0, 0.05) is 25.8 Å². The Morgan fingerprint density at radius 2 is 2.35 bits per heavy atom. The number of piperidine rings is 1. The van der Waals surface area contributed by atoms with E-state index < -0.39 is 16.1 Å². The molecule has 1 atom stereocenters. The van der Waals surface area contributed by atoms with Crippen molar-refractivity contribution in [3.8, 4) is 0 Å². The van der Waals surface area contributed by atoms with Gasteiger partial charge in [0.1, 0.15) is 0 Å². The van der Waals surface area contributed by atoms with Crippen LogP contribution >= 0.6 is 0 Å². The van der Waals surface area contributed by atoms with E-state index in [-0.39, 0.29) is 11.6 Å². The number of aliphatic hydroxyl groups is 1. The van der Waals surface area contributed by atoms with Crippen molar-refractivity contribution in [1.29, 1.82) is 0 Å². The standard InChI is InChI=1S/C10H17N3O3S/c1-2-12-7-10(11-8-12)17(15,16)13-5-3-4-9(14)6-13/h7-9,14H,2-6H2,1H3/t9-/m0/s1. The van der Waals surface area contributed by atoms with Crippen molar-refractivity contribution in [2.45, 2.75) is 37.4 Å². The van der Waals surface area contributed by atoms with Gasteiger partial charge in [-0.15, -0.1) is 0 Å². The van der Waals surface area contributed by atoms with Gasteiger partial charge < -0.3 is 9.67 Å². The highest BCUT2D eigenvalue weighted by atomic mass is 32.2. The molecule has 6 nitrogen and oxygen atoms in total. The van der Waals surface area contributed by atoms with Crippen LogP contribution in [0, 0.1) is 0 Å². The summed E-state index contributed by atoms with van der Waals surface area (Å²) in [6.45, 7) is 3.23. The van der Waals surface area contributed by atoms with Crippen LogP contribution in [0.2, 0.25) is 0 Å². The summed E-state index contributed by atoms with van der Waals surface area (Å²) in [4.78, 5) is 3.91. The Labute approximate surface area is 101 Å². The lowest BCUT2D eigenvalue weighted by molar-refractivity contribution is 0.108. The molecule has 1 aromatic heterocycles. The lowest BCUT2D eigenvalue weighted by Crippen LogP contribution is -2.42. The van der Waals surface area contributed by atoms with Crippen molar-refractivity contribution in [3.05, 3.63) is 12.5 Å². The minimum atomic E-state index is -3.54. The fourth-order valence-corrected chi connectivity index (χ4v) is 3.37. The number of aromatic nitrogens is 2. The molecule has 0 amide bonds. The highest BCUT2D eigenvalue weighted by Crippen LogP contribution is 2.19. The molecule has 1 fully saturated rings. The molecule has 0 unspecified atom stereocenters. The lowest BCUT2D eigenvalue weighted by Gasteiger charge is -2.28. The summed E-state index contributed by atoms with van der Waals surface area (Å²) in [5.74, 6) is 0. The second-order valence-corrected chi connectivity index (χ2v) is 6.09. The molecule has 1 aliphatic heterocycles. The van der Waals surface area contributed by atoms with E-state index in [1.165, 1.54) is 16.8 Å². The smallest absolute Gasteiger partial charge is 0.262 e. The van der Waals surface area contributed by atoms with Crippen molar-refractivity contribution >= 4 is 10.0 Å². The van der Waals surface area contributed by atoms with Crippen LogP contribution in [0.25, 0.3) is 0 Å². The van der Waals surface area contributed by atoms with E-state index in [4.69, 9.17) is 0 Å². The highest BCUT2D eigenvalue weighted by molar-refractivity contribution is 7.89. The molecular formula is C10H17N3O3S. The predicted molar refractivity (Wildman–Crippen MR) is 61.9 cm³/mol. The van der Waals surface area contributed by atoms with Crippen molar-refractivity contribution < 1.29 is 13.5 Å². The van der Waals surface area contributed by atoms with Crippen molar-refractivity contribution in [3.63, 3.8) is 0 Å². The van der Waals surface area contributed by atoms with Crippen LogP contribution in [-0.2, 0) is 16.6 Å². The van der Waals surface area contributed by atoms with E-state index in [0.717, 1.165) is 0 Å². The number of β-amino-alcohol motifs (C(OH)–C–C–N with tert-alkyl or cyclic N) is 1. The third-order valence-electron chi connectivity index (χ3n) is 2.94. The number of hydrogen-bond donors (Lipinski definition) is 1. The van der Waals surface area contributed by atoms with Gasteiger partial charge in [-0.3, -0.25) is 0 Å². The minimum Gasteiger partial charge on any atom is -0.392 e. The third kappa shape index (κ3) is 2.51. The molecule has 0 aromatic carbocycles. The highest BCUT2D eigenvalue weighted by Gasteiger charge is 2.30. The zero-order chi connectivity index (χ0) is 12.5. The normalized spacial score (nSPS) is 22.8. The van der Waals surface area contributed by atoms with Gasteiger partial charge in [-0.05, 0) is 19.8 Å². The van der Waals surface area contributed by atoms with Gasteiger partial charge in [-0.2, -0.15) is 4.31 Å². The number of sulfonamides is 1. The quantitative estimate of drug-likeness (QED) is 0.832. The van der Waals surface area contributed by atoms with Crippen LogP contribution in [0.5, 0.6) is 0 Å². The molecule has 0 radical (unpaired) electrons. The van der Waals surface area contributed by atoms with Crippen LogP contribution in [-0.4, -0.2) is 46.6 Å². The van der Waals surface area contributed by atoms with E-state index in [1.54, 1.807) is 4.57 Å². The molecule has 1 aromatic rings. The number of aryl methyl sites for hydroxylation is 1. The molecule has 0 aliphatic carbocycles. The molecule has 1 N–H and O–H groups in total. The van der Waals surface area contributed by atoms with Crippen LogP contribution < -0.4 is 0 Å². The van der Waals surface area contributed by atoms with Gasteiger partial charge >= 0.3 is 0 Å². The molecule has 2 heterocycles. The van der Waals surface area contributed by atoms with Crippen LogP contribution in [0.4, 0.5) is 0 Å². The maximum Gasteiger partial charge on any atom is 0.262 e. The Balaban J connectivity index is 2.23. The average molecular weight is 259 g/mol.